The van der Waals surface area contributed by atoms with Crippen LogP contribution in [0.25, 0.3) is 0 Å². The summed E-state index contributed by atoms with van der Waals surface area (Å²) >= 11 is 3.26. The molecule has 21 heavy (non-hydrogen) atoms. The van der Waals surface area contributed by atoms with E-state index >= 15 is 0 Å². The van der Waals surface area contributed by atoms with E-state index in [0.29, 0.717) is 23.4 Å². The van der Waals surface area contributed by atoms with Crippen molar-refractivity contribution in [2.45, 2.75) is 6.92 Å². The first-order valence-electron chi connectivity index (χ1n) is 6.64. The summed E-state index contributed by atoms with van der Waals surface area (Å²) in [6.45, 7) is 2.96. The van der Waals surface area contributed by atoms with Gasteiger partial charge in [0.25, 0.3) is 5.91 Å². The van der Waals surface area contributed by atoms with Crippen molar-refractivity contribution in [1.29, 1.82) is 0 Å². The second-order valence-electron chi connectivity index (χ2n) is 4.74. The van der Waals surface area contributed by atoms with Gasteiger partial charge in [-0.15, -0.1) is 0 Å². The molecule has 110 valence electrons. The molecule has 0 N–H and O–H groups in total. The standard InChI is InChI=1S/C16H17BrN2O2/c1-12-5-3-6-13(11-12)21-10-9-19(2)16(20)14-7-4-8-15(17)18-14/h3-8,11H,9-10H2,1-2H3. The molecular weight excluding hydrogens is 332 g/mol. The van der Waals surface area contributed by atoms with Crippen LogP contribution in [0, 0.1) is 6.92 Å². The summed E-state index contributed by atoms with van der Waals surface area (Å²) in [5.41, 5.74) is 1.57. The van der Waals surface area contributed by atoms with E-state index in [0.717, 1.165) is 11.3 Å². The molecule has 0 aliphatic rings. The number of likely N-dealkylation sites (N-methyl/N-ethyl adjacent to an activating group) is 1. The number of nitrogens with zero attached hydrogens (tertiary/aromatic N) is 2. The SMILES string of the molecule is Cc1cccc(OCCN(C)C(=O)c2cccc(Br)n2)c1. The number of hydrogen-bond donors (Lipinski definition) is 0. The van der Waals surface area contributed by atoms with Crippen LogP contribution >= 0.6 is 15.9 Å². The molecule has 0 unspecified atom stereocenters. The van der Waals surface area contributed by atoms with Crippen LogP contribution in [-0.4, -0.2) is 36.0 Å². The van der Waals surface area contributed by atoms with Crippen molar-refractivity contribution in [2.75, 3.05) is 20.2 Å². The average molecular weight is 349 g/mol. The summed E-state index contributed by atoms with van der Waals surface area (Å²) in [5, 5.41) is 0. The van der Waals surface area contributed by atoms with Gasteiger partial charge in [0.1, 0.15) is 22.7 Å². The molecule has 1 amide bonds. The Balaban J connectivity index is 1.87. The van der Waals surface area contributed by atoms with E-state index in [1.165, 1.54) is 0 Å². The van der Waals surface area contributed by atoms with Crippen LogP contribution in [0.5, 0.6) is 5.75 Å². The number of hydrogen-bond acceptors (Lipinski definition) is 3. The number of benzene rings is 1. The van der Waals surface area contributed by atoms with E-state index in [4.69, 9.17) is 4.74 Å². The molecule has 0 saturated carbocycles. The molecule has 0 saturated heterocycles. The topological polar surface area (TPSA) is 42.4 Å². The van der Waals surface area contributed by atoms with Crippen molar-refractivity contribution in [3.8, 4) is 5.75 Å². The minimum atomic E-state index is -0.121. The summed E-state index contributed by atoms with van der Waals surface area (Å²) in [5.74, 6) is 0.695. The fraction of sp³-hybridized carbons (Fsp3) is 0.250. The van der Waals surface area contributed by atoms with Gasteiger partial charge in [-0.3, -0.25) is 4.79 Å². The zero-order chi connectivity index (χ0) is 15.2. The maximum absolute atomic E-state index is 12.2. The number of pyridine rings is 1. The molecule has 2 rings (SSSR count). The highest BCUT2D eigenvalue weighted by molar-refractivity contribution is 9.10. The third-order valence-corrected chi connectivity index (χ3v) is 3.41. The number of carbonyl (C=O) groups excluding carboxylic acids is 1. The second kappa shape index (κ2) is 7.22. The van der Waals surface area contributed by atoms with Gasteiger partial charge in [0.05, 0.1) is 6.54 Å². The van der Waals surface area contributed by atoms with Crippen LogP contribution in [0.4, 0.5) is 0 Å². The first-order valence-corrected chi connectivity index (χ1v) is 7.43. The first-order chi connectivity index (χ1) is 10.1. The first kappa shape index (κ1) is 15.5. The van der Waals surface area contributed by atoms with E-state index < -0.39 is 0 Å². The molecule has 5 heteroatoms. The van der Waals surface area contributed by atoms with Gasteiger partial charge >= 0.3 is 0 Å². The molecule has 1 aromatic heterocycles. The quantitative estimate of drug-likeness (QED) is 0.778. The predicted octanol–water partition coefficient (Wildman–Crippen LogP) is 3.30. The van der Waals surface area contributed by atoms with Crippen molar-refractivity contribution in [3.05, 3.63) is 58.3 Å². The highest BCUT2D eigenvalue weighted by Gasteiger charge is 2.13. The summed E-state index contributed by atoms with van der Waals surface area (Å²) in [6.07, 6.45) is 0. The molecule has 0 spiro atoms. The monoisotopic (exact) mass is 348 g/mol. The molecule has 1 aromatic carbocycles. The Labute approximate surface area is 132 Å². The third kappa shape index (κ3) is 4.56. The molecular formula is C16H17BrN2O2. The highest BCUT2D eigenvalue weighted by atomic mass is 79.9. The van der Waals surface area contributed by atoms with Crippen molar-refractivity contribution < 1.29 is 9.53 Å². The Morgan fingerprint density at radius 1 is 1.29 bits per heavy atom. The van der Waals surface area contributed by atoms with E-state index in [2.05, 4.69) is 20.9 Å². The number of carbonyl (C=O) groups is 1. The summed E-state index contributed by atoms with van der Waals surface area (Å²) in [4.78, 5) is 17.9. The molecule has 0 fully saturated rings. The molecule has 0 bridgehead atoms. The molecule has 0 aliphatic carbocycles. The smallest absolute Gasteiger partial charge is 0.272 e. The van der Waals surface area contributed by atoms with Crippen LogP contribution < -0.4 is 4.74 Å². The molecule has 0 atom stereocenters. The minimum Gasteiger partial charge on any atom is -0.492 e. The van der Waals surface area contributed by atoms with Gasteiger partial charge in [0, 0.05) is 7.05 Å². The molecule has 1 heterocycles. The van der Waals surface area contributed by atoms with Crippen LogP contribution in [0.2, 0.25) is 0 Å². The van der Waals surface area contributed by atoms with Crippen molar-refractivity contribution in [2.24, 2.45) is 0 Å². The lowest BCUT2D eigenvalue weighted by Crippen LogP contribution is -2.31. The van der Waals surface area contributed by atoms with Crippen LogP contribution in [0.1, 0.15) is 16.1 Å². The number of halogens is 1. The number of rotatable bonds is 5. The number of ether oxygens (including phenoxy) is 1. The number of aryl methyl sites for hydroxylation is 1. The normalized spacial score (nSPS) is 10.2. The van der Waals surface area contributed by atoms with Crippen LogP contribution in [-0.2, 0) is 0 Å². The summed E-state index contributed by atoms with van der Waals surface area (Å²) < 4.78 is 6.29. The van der Waals surface area contributed by atoms with E-state index in [1.54, 1.807) is 30.1 Å². The Bertz CT molecular complexity index is 631. The lowest BCUT2D eigenvalue weighted by atomic mass is 10.2. The Kier molecular flexibility index (Phi) is 5.33. The van der Waals surface area contributed by atoms with Gasteiger partial charge in [-0.2, -0.15) is 0 Å². The largest absolute Gasteiger partial charge is 0.492 e. The van der Waals surface area contributed by atoms with Gasteiger partial charge in [-0.1, -0.05) is 18.2 Å². The third-order valence-electron chi connectivity index (χ3n) is 2.97. The van der Waals surface area contributed by atoms with Crippen LogP contribution in [0.15, 0.2) is 47.1 Å². The van der Waals surface area contributed by atoms with Crippen molar-refractivity contribution in [3.63, 3.8) is 0 Å². The maximum atomic E-state index is 12.2. The molecule has 2 aromatic rings. The number of amides is 1. The zero-order valence-corrected chi connectivity index (χ0v) is 13.6. The lowest BCUT2D eigenvalue weighted by molar-refractivity contribution is 0.0768. The van der Waals surface area contributed by atoms with Crippen LogP contribution in [0.3, 0.4) is 0 Å². The fourth-order valence-corrected chi connectivity index (χ4v) is 2.17. The van der Waals surface area contributed by atoms with Gasteiger partial charge in [-0.05, 0) is 52.7 Å². The number of aromatic nitrogens is 1. The zero-order valence-electron chi connectivity index (χ0n) is 12.0. The summed E-state index contributed by atoms with van der Waals surface area (Å²) in [6, 6.07) is 13.1. The van der Waals surface area contributed by atoms with Crippen molar-refractivity contribution >= 4 is 21.8 Å². The fourth-order valence-electron chi connectivity index (χ4n) is 1.83. The van der Waals surface area contributed by atoms with E-state index in [-0.39, 0.29) is 5.91 Å². The van der Waals surface area contributed by atoms with Gasteiger partial charge in [-0.25, -0.2) is 4.98 Å². The second-order valence-corrected chi connectivity index (χ2v) is 5.55. The molecule has 0 aliphatic heterocycles. The van der Waals surface area contributed by atoms with Gasteiger partial charge in [0.15, 0.2) is 0 Å². The Hall–Kier alpha value is -1.88. The highest BCUT2D eigenvalue weighted by Crippen LogP contribution is 2.12. The predicted molar refractivity (Wildman–Crippen MR) is 85.6 cm³/mol. The maximum Gasteiger partial charge on any atom is 0.272 e. The van der Waals surface area contributed by atoms with Gasteiger partial charge < -0.3 is 9.64 Å². The van der Waals surface area contributed by atoms with E-state index in [1.807, 2.05) is 31.2 Å². The Morgan fingerprint density at radius 2 is 2.05 bits per heavy atom. The van der Waals surface area contributed by atoms with E-state index in [9.17, 15) is 4.79 Å². The lowest BCUT2D eigenvalue weighted by Gasteiger charge is -2.17. The molecule has 0 radical (unpaired) electrons. The van der Waals surface area contributed by atoms with Crippen molar-refractivity contribution in [1.82, 2.24) is 9.88 Å². The summed E-state index contributed by atoms with van der Waals surface area (Å²) in [7, 11) is 1.74. The average Bonchev–Trinajstić information content (AvgIpc) is 2.46. The van der Waals surface area contributed by atoms with Gasteiger partial charge in [0.2, 0.25) is 0 Å². The molecule has 4 nitrogen and oxygen atoms in total. The minimum absolute atomic E-state index is 0.121. The Morgan fingerprint density at radius 3 is 2.76 bits per heavy atom.